The molecule has 1 aromatic carbocycles. The van der Waals surface area contributed by atoms with Crippen LogP contribution < -0.4 is 4.90 Å². The van der Waals surface area contributed by atoms with E-state index in [1.54, 1.807) is 6.92 Å². The first-order valence-electron chi connectivity index (χ1n) is 6.16. The molecule has 0 aliphatic rings. The minimum absolute atomic E-state index is 0.243. The van der Waals surface area contributed by atoms with E-state index in [4.69, 9.17) is 5.11 Å². The molecule has 0 saturated heterocycles. The van der Waals surface area contributed by atoms with E-state index < -0.39 is 23.5 Å². The van der Waals surface area contributed by atoms with Crippen molar-refractivity contribution in [1.29, 1.82) is 0 Å². The lowest BCUT2D eigenvalue weighted by atomic mass is 9.92. The molecule has 1 atom stereocenters. The Morgan fingerprint density at radius 3 is 1.73 bits per heavy atom. The number of halogens is 6. The maximum Gasteiger partial charge on any atom is 0.430 e. The molecule has 1 rings (SSSR count). The van der Waals surface area contributed by atoms with E-state index in [-0.39, 0.29) is 12.6 Å². The van der Waals surface area contributed by atoms with E-state index in [2.05, 4.69) is 0 Å². The van der Waals surface area contributed by atoms with E-state index in [0.29, 0.717) is 17.8 Å². The van der Waals surface area contributed by atoms with Crippen LogP contribution in [0.3, 0.4) is 0 Å². The second kappa shape index (κ2) is 5.96. The highest BCUT2D eigenvalue weighted by Gasteiger charge is 2.71. The molecule has 0 fully saturated rings. The lowest BCUT2D eigenvalue weighted by Crippen LogP contribution is -2.53. The molecule has 3 nitrogen and oxygen atoms in total. The molecule has 126 valence electrons. The number of alkyl halides is 6. The Hall–Kier alpha value is -1.48. The van der Waals surface area contributed by atoms with Gasteiger partial charge in [0.05, 0.1) is 6.61 Å². The highest BCUT2D eigenvalue weighted by atomic mass is 19.4. The number of nitrogens with zero attached hydrogens (tertiary/aromatic N) is 1. The van der Waals surface area contributed by atoms with E-state index in [9.17, 15) is 31.4 Å². The summed E-state index contributed by atoms with van der Waals surface area (Å²) in [5.41, 5.74) is -5.95. The lowest BCUT2D eigenvalue weighted by molar-refractivity contribution is -0.376. The van der Waals surface area contributed by atoms with Gasteiger partial charge in [0.15, 0.2) is 0 Å². The second-order valence-corrected chi connectivity index (χ2v) is 4.90. The third-order valence-electron chi connectivity index (χ3n) is 3.44. The van der Waals surface area contributed by atoms with Crippen molar-refractivity contribution < 1.29 is 36.6 Å². The SMILES string of the molecule is CC(CO)N(C)c1ccc(C(O)(C(F)(F)F)C(F)(F)F)cc1. The van der Waals surface area contributed by atoms with Gasteiger partial charge in [0.25, 0.3) is 5.60 Å². The fourth-order valence-corrected chi connectivity index (χ4v) is 1.80. The highest BCUT2D eigenvalue weighted by Crippen LogP contribution is 2.50. The molecule has 1 unspecified atom stereocenters. The van der Waals surface area contributed by atoms with Gasteiger partial charge in [0, 0.05) is 24.3 Å². The van der Waals surface area contributed by atoms with Crippen LogP contribution in [0.2, 0.25) is 0 Å². The van der Waals surface area contributed by atoms with Crippen LogP contribution in [-0.4, -0.2) is 42.3 Å². The van der Waals surface area contributed by atoms with Crippen LogP contribution in [0, 0.1) is 0 Å². The van der Waals surface area contributed by atoms with Crippen LogP contribution in [0.5, 0.6) is 0 Å². The normalized spacial score (nSPS) is 14.8. The van der Waals surface area contributed by atoms with Crippen molar-refractivity contribution in [3.63, 3.8) is 0 Å². The highest BCUT2D eigenvalue weighted by molar-refractivity contribution is 5.49. The summed E-state index contributed by atoms with van der Waals surface area (Å²) >= 11 is 0. The standard InChI is InChI=1S/C13H15F6NO2/c1-8(7-21)20(2)10-5-3-9(4-6-10)11(22,12(14,15)16)13(17,18)19/h3-6,8,21-22H,7H2,1-2H3. The summed E-state index contributed by atoms with van der Waals surface area (Å²) in [7, 11) is 1.52. The lowest BCUT2D eigenvalue weighted by Gasteiger charge is -2.33. The molecule has 0 bridgehead atoms. The molecule has 0 aromatic heterocycles. The van der Waals surface area contributed by atoms with Crippen LogP contribution >= 0.6 is 0 Å². The number of likely N-dealkylation sites (N-methyl/N-ethyl adjacent to an activating group) is 1. The van der Waals surface area contributed by atoms with Gasteiger partial charge in [-0.3, -0.25) is 0 Å². The van der Waals surface area contributed by atoms with Gasteiger partial charge in [-0.25, -0.2) is 0 Å². The number of rotatable bonds is 4. The van der Waals surface area contributed by atoms with Gasteiger partial charge in [-0.2, -0.15) is 26.3 Å². The Bertz CT molecular complexity index is 483. The number of aliphatic hydroxyl groups excluding tert-OH is 1. The first kappa shape index (κ1) is 18.6. The molecule has 0 heterocycles. The number of hydrogen-bond donors (Lipinski definition) is 2. The average Bonchev–Trinajstić information content (AvgIpc) is 2.42. The zero-order valence-electron chi connectivity index (χ0n) is 11.7. The molecule has 0 saturated carbocycles. The van der Waals surface area contributed by atoms with Crippen LogP contribution in [-0.2, 0) is 5.60 Å². The number of aliphatic hydroxyl groups is 2. The summed E-state index contributed by atoms with van der Waals surface area (Å²) < 4.78 is 76.3. The average molecular weight is 331 g/mol. The van der Waals surface area contributed by atoms with Crippen LogP contribution in [0.1, 0.15) is 12.5 Å². The minimum Gasteiger partial charge on any atom is -0.394 e. The summed E-state index contributed by atoms with van der Waals surface area (Å²) in [5, 5.41) is 18.2. The van der Waals surface area contributed by atoms with Gasteiger partial charge >= 0.3 is 12.4 Å². The molecule has 0 spiro atoms. The van der Waals surface area contributed by atoms with Crippen LogP contribution in [0.25, 0.3) is 0 Å². The Morgan fingerprint density at radius 2 is 1.41 bits per heavy atom. The molecular weight excluding hydrogens is 316 g/mol. The Labute approximate surface area is 122 Å². The zero-order valence-corrected chi connectivity index (χ0v) is 11.7. The topological polar surface area (TPSA) is 43.7 Å². The molecule has 2 N–H and O–H groups in total. The predicted molar refractivity (Wildman–Crippen MR) is 67.4 cm³/mol. The predicted octanol–water partition coefficient (Wildman–Crippen LogP) is 2.82. The molecule has 1 aromatic rings. The molecule has 0 amide bonds. The van der Waals surface area contributed by atoms with Gasteiger partial charge < -0.3 is 15.1 Å². The fourth-order valence-electron chi connectivity index (χ4n) is 1.80. The van der Waals surface area contributed by atoms with Crippen molar-refractivity contribution in [2.24, 2.45) is 0 Å². The largest absolute Gasteiger partial charge is 0.430 e. The minimum atomic E-state index is -5.91. The fraction of sp³-hybridized carbons (Fsp3) is 0.538. The maximum absolute atomic E-state index is 12.7. The van der Waals surface area contributed by atoms with Gasteiger partial charge in [-0.15, -0.1) is 0 Å². The quantitative estimate of drug-likeness (QED) is 0.834. The molecule has 0 aliphatic carbocycles. The molecule has 22 heavy (non-hydrogen) atoms. The van der Waals surface area contributed by atoms with Crippen molar-refractivity contribution in [2.45, 2.75) is 30.9 Å². The monoisotopic (exact) mass is 331 g/mol. The van der Waals surface area contributed by atoms with Gasteiger partial charge in [-0.05, 0) is 19.1 Å². The summed E-state index contributed by atoms with van der Waals surface area (Å²) in [4.78, 5) is 1.48. The van der Waals surface area contributed by atoms with Crippen molar-refractivity contribution in [2.75, 3.05) is 18.6 Å². The Balaban J connectivity index is 3.27. The number of hydrogen-bond acceptors (Lipinski definition) is 3. The number of benzene rings is 1. The smallest absolute Gasteiger partial charge is 0.394 e. The summed E-state index contributed by atoms with van der Waals surface area (Å²) in [6, 6.07) is 2.79. The third kappa shape index (κ3) is 3.14. The number of anilines is 1. The summed E-state index contributed by atoms with van der Waals surface area (Å²) in [6.45, 7) is 1.38. The summed E-state index contributed by atoms with van der Waals surface area (Å²) in [6.07, 6.45) is -11.8. The van der Waals surface area contributed by atoms with E-state index >= 15 is 0 Å². The van der Waals surface area contributed by atoms with Gasteiger partial charge in [-0.1, -0.05) is 12.1 Å². The van der Waals surface area contributed by atoms with Crippen molar-refractivity contribution in [1.82, 2.24) is 0 Å². The first-order chi connectivity index (χ1) is 9.86. The summed E-state index contributed by atoms with van der Waals surface area (Å²) in [5.74, 6) is 0. The van der Waals surface area contributed by atoms with E-state index in [1.165, 1.54) is 11.9 Å². The maximum atomic E-state index is 12.7. The van der Waals surface area contributed by atoms with Gasteiger partial charge in [0.2, 0.25) is 0 Å². The van der Waals surface area contributed by atoms with Crippen molar-refractivity contribution >= 4 is 5.69 Å². The van der Waals surface area contributed by atoms with E-state index in [1.807, 2.05) is 0 Å². The molecule has 0 radical (unpaired) electrons. The van der Waals surface area contributed by atoms with E-state index in [0.717, 1.165) is 12.1 Å². The van der Waals surface area contributed by atoms with Gasteiger partial charge in [0.1, 0.15) is 0 Å². The molecular formula is C13H15F6NO2. The third-order valence-corrected chi connectivity index (χ3v) is 3.44. The zero-order chi connectivity index (χ0) is 17.3. The molecule has 0 aliphatic heterocycles. The molecule has 9 heteroatoms. The van der Waals surface area contributed by atoms with Crippen LogP contribution in [0.4, 0.5) is 32.0 Å². The second-order valence-electron chi connectivity index (χ2n) is 4.90. The van der Waals surface area contributed by atoms with Crippen molar-refractivity contribution in [3.05, 3.63) is 29.8 Å². The van der Waals surface area contributed by atoms with Crippen LogP contribution in [0.15, 0.2) is 24.3 Å². The Morgan fingerprint density at radius 1 is 1.00 bits per heavy atom. The van der Waals surface area contributed by atoms with Crippen molar-refractivity contribution in [3.8, 4) is 0 Å². The Kier molecular flexibility index (Phi) is 5.03. The first-order valence-corrected chi connectivity index (χ1v) is 6.16.